The lowest BCUT2D eigenvalue weighted by Gasteiger charge is -2.14. The molecule has 0 radical (unpaired) electrons. The first-order valence-corrected chi connectivity index (χ1v) is 10.5. The van der Waals surface area contributed by atoms with E-state index in [-0.39, 0.29) is 18.4 Å². The smallest absolute Gasteiger partial charge is 0.255 e. The van der Waals surface area contributed by atoms with Gasteiger partial charge >= 0.3 is 0 Å². The molecule has 0 saturated heterocycles. The standard InChI is InChI=1S/C25H24N6O2/c26-23(19-5-7-20(8-6-19)25(33)30-22-9-12-27-13-10-22)16-28-24(32)21-4-1-3-18(15-21)17-31-14-2-11-29-31/h1-15,23H,16-17,26H2,(H,28,32)(H,27,30,33). The third-order valence-corrected chi connectivity index (χ3v) is 5.11. The fourth-order valence-electron chi connectivity index (χ4n) is 3.33. The van der Waals surface area contributed by atoms with E-state index in [0.717, 1.165) is 11.1 Å². The van der Waals surface area contributed by atoms with Crippen LogP contribution in [0.1, 0.15) is 37.9 Å². The van der Waals surface area contributed by atoms with Crippen molar-refractivity contribution in [3.63, 3.8) is 0 Å². The number of nitrogens with one attached hydrogen (secondary N) is 2. The lowest BCUT2D eigenvalue weighted by molar-refractivity contribution is 0.0950. The second kappa shape index (κ2) is 10.3. The first-order valence-electron chi connectivity index (χ1n) is 10.5. The molecule has 4 rings (SSSR count). The highest BCUT2D eigenvalue weighted by Gasteiger charge is 2.12. The molecule has 166 valence electrons. The molecule has 0 spiro atoms. The fraction of sp³-hybridized carbons (Fsp3) is 0.120. The monoisotopic (exact) mass is 440 g/mol. The molecule has 0 aliphatic carbocycles. The molecular weight excluding hydrogens is 416 g/mol. The molecule has 33 heavy (non-hydrogen) atoms. The number of hydrogen-bond acceptors (Lipinski definition) is 5. The van der Waals surface area contributed by atoms with Gasteiger partial charge in [-0.3, -0.25) is 19.3 Å². The Morgan fingerprint density at radius 2 is 1.70 bits per heavy atom. The van der Waals surface area contributed by atoms with Crippen LogP contribution in [0, 0.1) is 0 Å². The highest BCUT2D eigenvalue weighted by atomic mass is 16.2. The van der Waals surface area contributed by atoms with Crippen molar-refractivity contribution in [3.05, 3.63) is 114 Å². The maximum Gasteiger partial charge on any atom is 0.255 e. The van der Waals surface area contributed by atoms with Gasteiger partial charge in [-0.1, -0.05) is 24.3 Å². The Morgan fingerprint density at radius 3 is 2.42 bits per heavy atom. The molecule has 4 N–H and O–H groups in total. The lowest BCUT2D eigenvalue weighted by atomic mass is 10.0. The van der Waals surface area contributed by atoms with Crippen LogP contribution in [-0.4, -0.2) is 33.1 Å². The molecule has 2 aromatic carbocycles. The Hall–Kier alpha value is -4.30. The van der Waals surface area contributed by atoms with Crippen LogP contribution in [0.3, 0.4) is 0 Å². The number of pyridine rings is 1. The van der Waals surface area contributed by atoms with Gasteiger partial charge in [-0.05, 0) is 53.6 Å². The van der Waals surface area contributed by atoms with Crippen LogP contribution in [0.25, 0.3) is 0 Å². The number of nitrogens with zero attached hydrogens (tertiary/aromatic N) is 3. The van der Waals surface area contributed by atoms with Crippen molar-refractivity contribution in [1.82, 2.24) is 20.1 Å². The lowest BCUT2D eigenvalue weighted by Crippen LogP contribution is -2.32. The van der Waals surface area contributed by atoms with Crippen LogP contribution in [0.4, 0.5) is 5.69 Å². The molecule has 1 atom stereocenters. The fourth-order valence-corrected chi connectivity index (χ4v) is 3.33. The molecule has 2 aromatic heterocycles. The number of aromatic nitrogens is 3. The minimum Gasteiger partial charge on any atom is -0.350 e. The summed E-state index contributed by atoms with van der Waals surface area (Å²) in [6, 6.07) is 19.3. The van der Waals surface area contributed by atoms with Gasteiger partial charge in [-0.15, -0.1) is 0 Å². The molecule has 1 unspecified atom stereocenters. The number of amides is 2. The summed E-state index contributed by atoms with van der Waals surface area (Å²) in [5.41, 5.74) is 9.82. The van der Waals surface area contributed by atoms with Crippen molar-refractivity contribution < 1.29 is 9.59 Å². The number of benzene rings is 2. The summed E-state index contributed by atoms with van der Waals surface area (Å²) in [4.78, 5) is 28.9. The molecule has 0 bridgehead atoms. The van der Waals surface area contributed by atoms with Crippen molar-refractivity contribution in [3.8, 4) is 0 Å². The first kappa shape index (κ1) is 21.9. The van der Waals surface area contributed by atoms with Crippen molar-refractivity contribution in [2.45, 2.75) is 12.6 Å². The minimum absolute atomic E-state index is 0.193. The average molecular weight is 441 g/mol. The quantitative estimate of drug-likeness (QED) is 0.390. The van der Waals surface area contributed by atoms with E-state index < -0.39 is 6.04 Å². The summed E-state index contributed by atoms with van der Waals surface area (Å²) in [7, 11) is 0. The van der Waals surface area contributed by atoms with E-state index in [2.05, 4.69) is 20.7 Å². The summed E-state index contributed by atoms with van der Waals surface area (Å²) in [5.74, 6) is -0.411. The van der Waals surface area contributed by atoms with Crippen LogP contribution in [0.15, 0.2) is 91.5 Å². The van der Waals surface area contributed by atoms with Gasteiger partial charge < -0.3 is 16.4 Å². The maximum atomic E-state index is 12.6. The molecular formula is C25H24N6O2. The van der Waals surface area contributed by atoms with Crippen LogP contribution in [-0.2, 0) is 6.54 Å². The van der Waals surface area contributed by atoms with E-state index in [1.807, 2.05) is 30.5 Å². The number of rotatable bonds is 8. The normalized spacial score (nSPS) is 11.5. The SMILES string of the molecule is NC(CNC(=O)c1cccc(Cn2cccn2)c1)c1ccc(C(=O)Nc2ccncc2)cc1. The molecule has 4 aromatic rings. The van der Waals surface area contributed by atoms with Crippen molar-refractivity contribution in [2.75, 3.05) is 11.9 Å². The van der Waals surface area contributed by atoms with Gasteiger partial charge in [-0.25, -0.2) is 0 Å². The Balaban J connectivity index is 1.31. The van der Waals surface area contributed by atoms with Crippen LogP contribution in [0.5, 0.6) is 0 Å². The van der Waals surface area contributed by atoms with Gasteiger partial charge in [0.2, 0.25) is 0 Å². The summed E-state index contributed by atoms with van der Waals surface area (Å²) in [5, 5.41) is 9.88. The zero-order valence-corrected chi connectivity index (χ0v) is 17.9. The number of carbonyl (C=O) groups excluding carboxylic acids is 2. The van der Waals surface area contributed by atoms with Gasteiger partial charge in [0, 0.05) is 54.2 Å². The third kappa shape index (κ3) is 5.90. The molecule has 0 aliphatic rings. The van der Waals surface area contributed by atoms with Crippen molar-refractivity contribution >= 4 is 17.5 Å². The van der Waals surface area contributed by atoms with Crippen LogP contribution >= 0.6 is 0 Å². The second-order valence-electron chi connectivity index (χ2n) is 7.53. The van der Waals surface area contributed by atoms with Crippen LogP contribution < -0.4 is 16.4 Å². The predicted molar refractivity (Wildman–Crippen MR) is 126 cm³/mol. The number of carbonyl (C=O) groups is 2. The Morgan fingerprint density at radius 1 is 0.909 bits per heavy atom. The maximum absolute atomic E-state index is 12.6. The van der Waals surface area contributed by atoms with E-state index >= 15 is 0 Å². The van der Waals surface area contributed by atoms with Gasteiger partial charge in [0.15, 0.2) is 0 Å². The number of hydrogen-bond donors (Lipinski definition) is 3. The third-order valence-electron chi connectivity index (χ3n) is 5.11. The molecule has 2 amide bonds. The number of nitrogens with two attached hydrogens (primary N) is 1. The highest BCUT2D eigenvalue weighted by Crippen LogP contribution is 2.14. The Bertz CT molecular complexity index is 1210. The topological polar surface area (TPSA) is 115 Å². The Kier molecular flexibility index (Phi) is 6.87. The van der Waals surface area contributed by atoms with Gasteiger partial charge in [-0.2, -0.15) is 5.10 Å². The first-order chi connectivity index (χ1) is 16.1. The van der Waals surface area contributed by atoms with Gasteiger partial charge in [0.25, 0.3) is 11.8 Å². The summed E-state index contributed by atoms with van der Waals surface area (Å²) >= 11 is 0. The van der Waals surface area contributed by atoms with Gasteiger partial charge in [0.05, 0.1) is 6.54 Å². The van der Waals surface area contributed by atoms with E-state index in [1.54, 1.807) is 65.7 Å². The van der Waals surface area contributed by atoms with E-state index in [1.165, 1.54) is 0 Å². The number of anilines is 1. The molecule has 8 nitrogen and oxygen atoms in total. The average Bonchev–Trinajstić information content (AvgIpc) is 3.36. The highest BCUT2D eigenvalue weighted by molar-refractivity contribution is 6.04. The van der Waals surface area contributed by atoms with E-state index in [0.29, 0.717) is 23.4 Å². The molecule has 0 saturated carbocycles. The zero-order chi connectivity index (χ0) is 23.0. The summed E-state index contributed by atoms with van der Waals surface area (Å²) in [6.45, 7) is 0.861. The Labute approximate surface area is 191 Å². The molecule has 8 heteroatoms. The second-order valence-corrected chi connectivity index (χ2v) is 7.53. The van der Waals surface area contributed by atoms with Crippen molar-refractivity contribution in [1.29, 1.82) is 0 Å². The summed E-state index contributed by atoms with van der Waals surface area (Å²) < 4.78 is 1.80. The largest absolute Gasteiger partial charge is 0.350 e. The minimum atomic E-state index is -0.404. The van der Waals surface area contributed by atoms with Crippen molar-refractivity contribution in [2.24, 2.45) is 5.73 Å². The summed E-state index contributed by atoms with van der Waals surface area (Å²) in [6.07, 6.45) is 6.82. The molecule has 0 aliphatic heterocycles. The predicted octanol–water partition coefficient (Wildman–Crippen LogP) is 3.01. The zero-order valence-electron chi connectivity index (χ0n) is 17.9. The van der Waals surface area contributed by atoms with Gasteiger partial charge in [0.1, 0.15) is 0 Å². The van der Waals surface area contributed by atoms with E-state index in [4.69, 9.17) is 5.73 Å². The molecule has 2 heterocycles. The molecule has 0 fully saturated rings. The van der Waals surface area contributed by atoms with Crippen LogP contribution in [0.2, 0.25) is 0 Å². The van der Waals surface area contributed by atoms with E-state index in [9.17, 15) is 9.59 Å².